The molecule has 0 radical (unpaired) electrons. The smallest absolute Gasteiger partial charge is 0.282 e. The van der Waals surface area contributed by atoms with Gasteiger partial charge in [-0.2, -0.15) is 17.0 Å². The van der Waals surface area contributed by atoms with Crippen LogP contribution in [0.4, 0.5) is 5.69 Å². The highest BCUT2D eigenvalue weighted by molar-refractivity contribution is 7.86. The van der Waals surface area contributed by atoms with Gasteiger partial charge < -0.3 is 10.1 Å². The predicted molar refractivity (Wildman–Crippen MR) is 108 cm³/mol. The molecule has 1 aliphatic rings. The fraction of sp³-hybridized carbons (Fsp3) is 0.350. The molecule has 150 valence electrons. The Kier molecular flexibility index (Phi) is 6.33. The number of aryl methyl sites for hydroxylation is 1. The Morgan fingerprint density at radius 3 is 2.61 bits per heavy atom. The van der Waals surface area contributed by atoms with E-state index in [-0.39, 0.29) is 6.54 Å². The molecule has 0 atom stereocenters. The van der Waals surface area contributed by atoms with Gasteiger partial charge in [0.2, 0.25) is 5.91 Å². The highest BCUT2D eigenvalue weighted by Gasteiger charge is 2.34. The molecule has 1 saturated heterocycles. The maximum Gasteiger partial charge on any atom is 0.282 e. The number of hydrogen-bond acceptors (Lipinski definition) is 4. The van der Waals surface area contributed by atoms with Gasteiger partial charge in [0.25, 0.3) is 10.2 Å². The Labute approximate surface area is 166 Å². The molecule has 7 nitrogen and oxygen atoms in total. The standard InChI is InChI=1S/C20H25N3O4S/c1-16-7-5-8-17(13-16)14-22-11-6-12-23(28(22,25)26)15-20(24)21-18-9-3-4-10-19(18)27-2/h3-5,7-10,13H,6,11-12,14-15H2,1-2H3,(H,21,24). The number of hydrogen-bond donors (Lipinski definition) is 1. The number of carbonyl (C=O) groups excluding carboxylic acids is 1. The van der Waals surface area contributed by atoms with Crippen molar-refractivity contribution in [1.29, 1.82) is 0 Å². The summed E-state index contributed by atoms with van der Waals surface area (Å²) in [4.78, 5) is 12.5. The van der Waals surface area contributed by atoms with E-state index < -0.39 is 16.1 Å². The highest BCUT2D eigenvalue weighted by Crippen LogP contribution is 2.24. The molecule has 8 heteroatoms. The third kappa shape index (κ3) is 4.70. The monoisotopic (exact) mass is 403 g/mol. The summed E-state index contributed by atoms with van der Waals surface area (Å²) < 4.78 is 33.8. The van der Waals surface area contributed by atoms with E-state index in [0.717, 1.165) is 11.1 Å². The molecule has 1 heterocycles. The van der Waals surface area contributed by atoms with Gasteiger partial charge in [-0.05, 0) is 31.0 Å². The molecule has 0 aromatic heterocycles. The van der Waals surface area contributed by atoms with Crippen molar-refractivity contribution in [2.45, 2.75) is 19.9 Å². The molecule has 0 aliphatic carbocycles. The largest absolute Gasteiger partial charge is 0.495 e. The van der Waals surface area contributed by atoms with Crippen LogP contribution in [-0.2, 0) is 21.5 Å². The van der Waals surface area contributed by atoms with Crippen LogP contribution in [0.1, 0.15) is 17.5 Å². The van der Waals surface area contributed by atoms with Crippen LogP contribution < -0.4 is 10.1 Å². The van der Waals surface area contributed by atoms with Crippen LogP contribution >= 0.6 is 0 Å². The van der Waals surface area contributed by atoms with Gasteiger partial charge in [0, 0.05) is 19.6 Å². The fourth-order valence-electron chi connectivity index (χ4n) is 3.25. The molecule has 3 rings (SSSR count). The van der Waals surface area contributed by atoms with E-state index in [4.69, 9.17) is 4.74 Å². The first-order valence-corrected chi connectivity index (χ1v) is 10.5. The molecule has 0 spiro atoms. The first-order valence-electron chi connectivity index (χ1n) is 9.14. The number of rotatable bonds is 6. The van der Waals surface area contributed by atoms with Crippen molar-refractivity contribution in [1.82, 2.24) is 8.61 Å². The van der Waals surface area contributed by atoms with E-state index in [1.807, 2.05) is 31.2 Å². The van der Waals surface area contributed by atoms with Gasteiger partial charge >= 0.3 is 0 Å². The summed E-state index contributed by atoms with van der Waals surface area (Å²) in [5, 5.41) is 2.73. The van der Waals surface area contributed by atoms with E-state index in [1.54, 1.807) is 24.3 Å². The predicted octanol–water partition coefficient (Wildman–Crippen LogP) is 2.39. The van der Waals surface area contributed by atoms with Crippen LogP contribution in [-0.4, -0.2) is 49.7 Å². The number of benzene rings is 2. The average Bonchev–Trinajstić information content (AvgIpc) is 2.66. The lowest BCUT2D eigenvalue weighted by Gasteiger charge is -2.34. The third-order valence-electron chi connectivity index (χ3n) is 4.61. The van der Waals surface area contributed by atoms with Gasteiger partial charge in [-0.25, -0.2) is 0 Å². The zero-order valence-electron chi connectivity index (χ0n) is 16.1. The van der Waals surface area contributed by atoms with Gasteiger partial charge in [0.05, 0.1) is 19.3 Å². The molecule has 0 bridgehead atoms. The zero-order chi connectivity index (χ0) is 20.1. The summed E-state index contributed by atoms with van der Waals surface area (Å²) in [6.07, 6.45) is 0.674. The van der Waals surface area contributed by atoms with Crippen molar-refractivity contribution in [2.24, 2.45) is 0 Å². The number of nitrogens with zero attached hydrogens (tertiary/aromatic N) is 2. The molecular formula is C20H25N3O4S. The SMILES string of the molecule is COc1ccccc1NC(=O)CN1CCCN(Cc2cccc(C)c2)S1(=O)=O. The lowest BCUT2D eigenvalue weighted by molar-refractivity contribution is -0.116. The van der Waals surface area contributed by atoms with E-state index in [9.17, 15) is 13.2 Å². The molecule has 1 fully saturated rings. The topological polar surface area (TPSA) is 79.0 Å². The summed E-state index contributed by atoms with van der Waals surface area (Å²) in [6.45, 7) is 2.81. The molecule has 2 aromatic carbocycles. The lowest BCUT2D eigenvalue weighted by Crippen LogP contribution is -2.51. The maximum atomic E-state index is 13.0. The Morgan fingerprint density at radius 2 is 1.86 bits per heavy atom. The van der Waals surface area contributed by atoms with Crippen molar-refractivity contribution < 1.29 is 17.9 Å². The number of anilines is 1. The van der Waals surface area contributed by atoms with Gasteiger partial charge in [-0.15, -0.1) is 0 Å². The van der Waals surface area contributed by atoms with E-state index >= 15 is 0 Å². The third-order valence-corrected chi connectivity index (χ3v) is 6.54. The number of ether oxygens (including phenoxy) is 1. The number of amides is 1. The fourth-order valence-corrected chi connectivity index (χ4v) is 4.89. The van der Waals surface area contributed by atoms with E-state index in [1.165, 1.54) is 15.7 Å². The molecule has 28 heavy (non-hydrogen) atoms. The second-order valence-electron chi connectivity index (χ2n) is 6.77. The summed E-state index contributed by atoms with van der Waals surface area (Å²) in [5.74, 6) is 0.129. The van der Waals surface area contributed by atoms with Gasteiger partial charge in [-0.1, -0.05) is 42.0 Å². The molecule has 1 aliphatic heterocycles. The van der Waals surface area contributed by atoms with Crippen LogP contribution in [0.2, 0.25) is 0 Å². The maximum absolute atomic E-state index is 13.0. The van der Waals surface area contributed by atoms with Crippen molar-refractivity contribution in [2.75, 3.05) is 32.1 Å². The zero-order valence-corrected chi connectivity index (χ0v) is 16.9. The van der Waals surface area contributed by atoms with Gasteiger partial charge in [0.1, 0.15) is 5.75 Å². The number of nitrogens with one attached hydrogen (secondary N) is 1. The minimum absolute atomic E-state index is 0.231. The first-order chi connectivity index (χ1) is 13.4. The number of methoxy groups -OCH3 is 1. The minimum atomic E-state index is -3.70. The lowest BCUT2D eigenvalue weighted by atomic mass is 10.1. The van der Waals surface area contributed by atoms with E-state index in [2.05, 4.69) is 5.32 Å². The quantitative estimate of drug-likeness (QED) is 0.803. The van der Waals surface area contributed by atoms with Crippen molar-refractivity contribution in [3.05, 3.63) is 59.7 Å². The van der Waals surface area contributed by atoms with Crippen LogP contribution in [0, 0.1) is 6.92 Å². The normalized spacial score (nSPS) is 17.2. The van der Waals surface area contributed by atoms with Crippen molar-refractivity contribution >= 4 is 21.8 Å². The molecule has 0 unspecified atom stereocenters. The second kappa shape index (κ2) is 8.72. The Morgan fingerprint density at radius 1 is 1.11 bits per heavy atom. The van der Waals surface area contributed by atoms with Gasteiger partial charge in [-0.3, -0.25) is 4.79 Å². The van der Waals surface area contributed by atoms with Crippen LogP contribution in [0.3, 0.4) is 0 Å². The van der Waals surface area contributed by atoms with Crippen molar-refractivity contribution in [3.8, 4) is 5.75 Å². The number of para-hydroxylation sites is 2. The molecule has 1 amide bonds. The summed E-state index contributed by atoms with van der Waals surface area (Å²) in [5.41, 5.74) is 2.53. The first kappa shape index (κ1) is 20.3. The number of carbonyl (C=O) groups is 1. The van der Waals surface area contributed by atoms with E-state index in [0.29, 0.717) is 37.5 Å². The average molecular weight is 404 g/mol. The van der Waals surface area contributed by atoms with Crippen molar-refractivity contribution in [3.63, 3.8) is 0 Å². The van der Waals surface area contributed by atoms with Crippen LogP contribution in [0.15, 0.2) is 48.5 Å². The highest BCUT2D eigenvalue weighted by atomic mass is 32.2. The van der Waals surface area contributed by atoms with Crippen LogP contribution in [0.5, 0.6) is 5.75 Å². The summed E-state index contributed by atoms with van der Waals surface area (Å²) in [6, 6.07) is 14.8. The molecule has 0 saturated carbocycles. The minimum Gasteiger partial charge on any atom is -0.495 e. The second-order valence-corrected chi connectivity index (χ2v) is 8.69. The summed E-state index contributed by atoms with van der Waals surface area (Å²) in [7, 11) is -2.19. The molecule has 1 N–H and O–H groups in total. The molecular weight excluding hydrogens is 378 g/mol. The summed E-state index contributed by atoms with van der Waals surface area (Å²) >= 11 is 0. The Balaban J connectivity index is 1.69. The van der Waals surface area contributed by atoms with Gasteiger partial charge in [0.15, 0.2) is 0 Å². The van der Waals surface area contributed by atoms with Crippen LogP contribution in [0.25, 0.3) is 0 Å². The Hall–Kier alpha value is -2.42. The molecule has 2 aromatic rings. The Bertz CT molecular complexity index is 946.